The summed E-state index contributed by atoms with van der Waals surface area (Å²) in [6.45, 7) is 0. The Balaban J connectivity index is 0.00000432. The molecule has 35 heavy (non-hydrogen) atoms. The van der Waals surface area contributed by atoms with Crippen LogP contribution >= 0.6 is 24.4 Å². The molecule has 5 N–H and O–H groups in total. The van der Waals surface area contributed by atoms with Crippen LogP contribution in [0.5, 0.6) is 0 Å². The summed E-state index contributed by atoms with van der Waals surface area (Å²) < 4.78 is 13.1. The maximum Gasteiger partial charge on any atom is 0.326 e. The highest BCUT2D eigenvalue weighted by Gasteiger charge is 2.32. The SMILES string of the molecule is Br.Nc1ccc(CP(=O)(O)CC(Cc2ccccc2)C(=O)NC(Cc2ccccc2)C(=O)O)cc1. The molecule has 3 unspecified atom stereocenters. The second kappa shape index (κ2) is 13.2. The number of nitrogens with two attached hydrogens (primary N) is 1. The van der Waals surface area contributed by atoms with Gasteiger partial charge in [-0.15, -0.1) is 17.0 Å². The smallest absolute Gasteiger partial charge is 0.326 e. The fourth-order valence-electron chi connectivity index (χ4n) is 3.80. The van der Waals surface area contributed by atoms with Crippen LogP contribution in [0.1, 0.15) is 16.7 Å². The molecule has 3 aromatic rings. The minimum absolute atomic E-state index is 0. The summed E-state index contributed by atoms with van der Waals surface area (Å²) in [5.41, 5.74) is 8.48. The van der Waals surface area contributed by atoms with Gasteiger partial charge in [0.1, 0.15) is 6.04 Å². The third-order valence-electron chi connectivity index (χ3n) is 5.51. The molecule has 0 aliphatic carbocycles. The van der Waals surface area contributed by atoms with Crippen LogP contribution in [0.3, 0.4) is 0 Å². The first-order chi connectivity index (χ1) is 16.2. The van der Waals surface area contributed by atoms with Crippen molar-refractivity contribution in [1.82, 2.24) is 5.32 Å². The number of nitrogen functional groups attached to an aromatic ring is 1. The number of hydrogen-bond acceptors (Lipinski definition) is 4. The van der Waals surface area contributed by atoms with Gasteiger partial charge in [-0.25, -0.2) is 4.79 Å². The molecule has 186 valence electrons. The van der Waals surface area contributed by atoms with Crippen molar-refractivity contribution in [2.45, 2.75) is 25.0 Å². The van der Waals surface area contributed by atoms with Gasteiger partial charge >= 0.3 is 5.97 Å². The lowest BCUT2D eigenvalue weighted by Crippen LogP contribution is -2.46. The topological polar surface area (TPSA) is 130 Å². The van der Waals surface area contributed by atoms with Crippen molar-refractivity contribution in [2.24, 2.45) is 5.92 Å². The van der Waals surface area contributed by atoms with Crippen molar-refractivity contribution in [3.05, 3.63) is 102 Å². The molecule has 0 heterocycles. The molecule has 0 fully saturated rings. The van der Waals surface area contributed by atoms with Gasteiger partial charge in [0.25, 0.3) is 0 Å². The predicted octanol–water partition coefficient (Wildman–Crippen LogP) is 4.29. The van der Waals surface area contributed by atoms with Crippen LogP contribution in [0.15, 0.2) is 84.9 Å². The Morgan fingerprint density at radius 2 is 1.34 bits per heavy atom. The van der Waals surface area contributed by atoms with E-state index in [4.69, 9.17) is 5.73 Å². The van der Waals surface area contributed by atoms with E-state index >= 15 is 0 Å². The lowest BCUT2D eigenvalue weighted by molar-refractivity contribution is -0.142. The number of amides is 1. The molecular formula is C26H30BrN2O5P. The summed E-state index contributed by atoms with van der Waals surface area (Å²) >= 11 is 0. The van der Waals surface area contributed by atoms with Gasteiger partial charge in [0.2, 0.25) is 13.3 Å². The van der Waals surface area contributed by atoms with E-state index in [0.717, 1.165) is 11.1 Å². The number of halogens is 1. The van der Waals surface area contributed by atoms with Gasteiger partial charge in [0, 0.05) is 24.4 Å². The molecule has 0 aromatic heterocycles. The van der Waals surface area contributed by atoms with E-state index in [1.165, 1.54) is 0 Å². The summed E-state index contributed by atoms with van der Waals surface area (Å²) in [5, 5.41) is 12.3. The molecule has 3 atom stereocenters. The van der Waals surface area contributed by atoms with Gasteiger partial charge in [0.05, 0.1) is 5.92 Å². The number of benzene rings is 3. The number of carbonyl (C=O) groups excluding carboxylic acids is 1. The van der Waals surface area contributed by atoms with Gasteiger partial charge in [-0.2, -0.15) is 0 Å². The zero-order valence-electron chi connectivity index (χ0n) is 19.1. The van der Waals surface area contributed by atoms with Crippen molar-refractivity contribution in [3.8, 4) is 0 Å². The average molecular weight is 561 g/mol. The van der Waals surface area contributed by atoms with Crippen molar-refractivity contribution >= 4 is 41.9 Å². The molecule has 9 heteroatoms. The van der Waals surface area contributed by atoms with Crippen LogP contribution in [-0.4, -0.2) is 34.1 Å². The Bertz CT molecular complexity index is 1140. The lowest BCUT2D eigenvalue weighted by Gasteiger charge is -2.23. The van der Waals surface area contributed by atoms with Gasteiger partial charge in [-0.05, 0) is 35.2 Å². The molecule has 0 spiro atoms. The number of rotatable bonds is 11. The van der Waals surface area contributed by atoms with Gasteiger partial charge < -0.3 is 21.1 Å². The highest BCUT2D eigenvalue weighted by atomic mass is 79.9. The fourth-order valence-corrected chi connectivity index (χ4v) is 5.69. The zero-order valence-corrected chi connectivity index (χ0v) is 21.7. The van der Waals surface area contributed by atoms with Gasteiger partial charge in [-0.3, -0.25) is 9.36 Å². The normalized spacial score (nSPS) is 14.1. The second-order valence-corrected chi connectivity index (χ2v) is 10.8. The molecule has 0 radical (unpaired) electrons. The van der Waals surface area contributed by atoms with E-state index < -0.39 is 31.2 Å². The number of aliphatic carboxylic acids is 1. The lowest BCUT2D eigenvalue weighted by atomic mass is 9.99. The number of carboxylic acids is 1. The van der Waals surface area contributed by atoms with Gasteiger partial charge in [0.15, 0.2) is 0 Å². The van der Waals surface area contributed by atoms with Gasteiger partial charge in [-0.1, -0.05) is 72.8 Å². The molecule has 0 bridgehead atoms. The molecule has 3 rings (SSSR count). The number of hydrogen-bond donors (Lipinski definition) is 4. The summed E-state index contributed by atoms with van der Waals surface area (Å²) in [6, 6.07) is 23.7. The second-order valence-electron chi connectivity index (χ2n) is 8.40. The molecule has 7 nitrogen and oxygen atoms in total. The largest absolute Gasteiger partial charge is 0.480 e. The van der Waals surface area contributed by atoms with Crippen LogP contribution in [0.4, 0.5) is 5.69 Å². The highest BCUT2D eigenvalue weighted by Crippen LogP contribution is 2.46. The molecule has 1 amide bonds. The first-order valence-electron chi connectivity index (χ1n) is 11.0. The van der Waals surface area contributed by atoms with Crippen molar-refractivity contribution < 1.29 is 24.2 Å². The van der Waals surface area contributed by atoms with E-state index in [-0.39, 0.29) is 42.1 Å². The molecular weight excluding hydrogens is 531 g/mol. The highest BCUT2D eigenvalue weighted by molar-refractivity contribution is 8.93. The standard InChI is InChI=1S/C26H29N2O5P.BrH/c27-23-13-11-21(12-14-23)17-34(32,33)18-22(15-19-7-3-1-4-8-19)25(29)28-24(26(30)31)16-20-9-5-2-6-10-20;/h1-14,22,24H,15-18,27H2,(H,28,29)(H,30,31)(H,32,33);1H. The minimum atomic E-state index is -3.76. The Morgan fingerprint density at radius 1 is 0.829 bits per heavy atom. The summed E-state index contributed by atoms with van der Waals surface area (Å²) in [5.74, 6) is -2.59. The van der Waals surface area contributed by atoms with E-state index in [2.05, 4.69) is 5.32 Å². The van der Waals surface area contributed by atoms with Crippen molar-refractivity contribution in [3.63, 3.8) is 0 Å². The minimum Gasteiger partial charge on any atom is -0.480 e. The van der Waals surface area contributed by atoms with Crippen LogP contribution in [0.25, 0.3) is 0 Å². The summed E-state index contributed by atoms with van der Waals surface area (Å²) in [4.78, 5) is 35.8. The Labute approximate surface area is 215 Å². The molecule has 0 aliphatic heterocycles. The van der Waals surface area contributed by atoms with Crippen LogP contribution < -0.4 is 11.1 Å². The monoisotopic (exact) mass is 560 g/mol. The number of carboxylic acid groups (broad SMARTS) is 1. The Morgan fingerprint density at radius 3 is 1.86 bits per heavy atom. The Hall–Kier alpha value is -2.93. The number of carbonyl (C=O) groups is 2. The van der Waals surface area contributed by atoms with E-state index in [1.807, 2.05) is 36.4 Å². The Kier molecular flexibility index (Phi) is 10.7. The van der Waals surface area contributed by atoms with Crippen LogP contribution in [0.2, 0.25) is 0 Å². The molecule has 0 saturated heterocycles. The third-order valence-corrected chi connectivity index (χ3v) is 7.38. The number of anilines is 1. The molecule has 3 aromatic carbocycles. The maximum absolute atomic E-state index is 13.2. The van der Waals surface area contributed by atoms with E-state index in [1.54, 1.807) is 48.5 Å². The maximum atomic E-state index is 13.2. The van der Waals surface area contributed by atoms with E-state index in [0.29, 0.717) is 11.3 Å². The summed E-state index contributed by atoms with van der Waals surface area (Å²) in [7, 11) is -3.76. The van der Waals surface area contributed by atoms with Crippen LogP contribution in [-0.2, 0) is 33.2 Å². The fraction of sp³-hybridized carbons (Fsp3) is 0.231. The zero-order chi connectivity index (χ0) is 24.6. The summed E-state index contributed by atoms with van der Waals surface area (Å²) in [6.07, 6.45) is -0.0349. The first-order valence-corrected chi connectivity index (χ1v) is 13.0. The third kappa shape index (κ3) is 9.32. The average Bonchev–Trinajstić information content (AvgIpc) is 2.80. The first kappa shape index (κ1) is 28.3. The quantitative estimate of drug-likeness (QED) is 0.204. The molecule has 0 aliphatic rings. The molecule has 0 saturated carbocycles. The predicted molar refractivity (Wildman–Crippen MR) is 143 cm³/mol. The van der Waals surface area contributed by atoms with E-state index in [9.17, 15) is 24.2 Å². The van der Waals surface area contributed by atoms with Crippen LogP contribution in [0, 0.1) is 5.92 Å². The van der Waals surface area contributed by atoms with Crippen molar-refractivity contribution in [2.75, 3.05) is 11.9 Å². The van der Waals surface area contributed by atoms with Crippen molar-refractivity contribution in [1.29, 1.82) is 0 Å². The number of nitrogens with one attached hydrogen (secondary N) is 1.